The molecule has 2 nitrogen and oxygen atoms in total. The first kappa shape index (κ1) is 16.5. The Morgan fingerprint density at radius 3 is 2.67 bits per heavy atom. The predicted molar refractivity (Wildman–Crippen MR) is 91.6 cm³/mol. The summed E-state index contributed by atoms with van der Waals surface area (Å²) in [6.45, 7) is 9.21. The van der Waals surface area contributed by atoms with Crippen LogP contribution in [-0.2, 0) is 13.0 Å². The van der Waals surface area contributed by atoms with Gasteiger partial charge in [0.05, 0.1) is 0 Å². The maximum atomic E-state index is 3.52. The van der Waals surface area contributed by atoms with Crippen molar-refractivity contribution in [1.82, 2.24) is 10.2 Å². The van der Waals surface area contributed by atoms with Crippen LogP contribution in [0.3, 0.4) is 0 Å². The third-order valence-electron chi connectivity index (χ3n) is 4.71. The van der Waals surface area contributed by atoms with Gasteiger partial charge in [-0.2, -0.15) is 0 Å². The standard InChI is InChI=1S/C19H32N2/c1-3-13-20-14-12-17-9-5-6-10-18(17)16-21-15-8-7-11-19(21)4-2/h5-6,9-10,19-20H,3-4,7-8,11-16H2,1-2H3. The van der Waals surface area contributed by atoms with Gasteiger partial charge in [0, 0.05) is 12.6 Å². The minimum Gasteiger partial charge on any atom is -0.316 e. The molecule has 0 bridgehead atoms. The van der Waals surface area contributed by atoms with Crippen LogP contribution in [0.25, 0.3) is 0 Å². The Morgan fingerprint density at radius 2 is 1.90 bits per heavy atom. The van der Waals surface area contributed by atoms with Crippen molar-refractivity contribution < 1.29 is 0 Å². The van der Waals surface area contributed by atoms with Gasteiger partial charge in [0.25, 0.3) is 0 Å². The highest BCUT2D eigenvalue weighted by atomic mass is 15.2. The second-order valence-corrected chi connectivity index (χ2v) is 6.30. The van der Waals surface area contributed by atoms with Crippen LogP contribution in [0.2, 0.25) is 0 Å². The first-order chi connectivity index (χ1) is 10.3. The van der Waals surface area contributed by atoms with Gasteiger partial charge in [-0.15, -0.1) is 0 Å². The van der Waals surface area contributed by atoms with Crippen LogP contribution in [-0.4, -0.2) is 30.6 Å². The fourth-order valence-electron chi connectivity index (χ4n) is 3.43. The van der Waals surface area contributed by atoms with Crippen LogP contribution in [0.5, 0.6) is 0 Å². The van der Waals surface area contributed by atoms with Gasteiger partial charge in [0.15, 0.2) is 0 Å². The van der Waals surface area contributed by atoms with Crippen molar-refractivity contribution in [2.75, 3.05) is 19.6 Å². The summed E-state index contributed by atoms with van der Waals surface area (Å²) in [6.07, 6.45) is 7.83. The van der Waals surface area contributed by atoms with Crippen molar-refractivity contribution in [2.45, 2.75) is 65.0 Å². The molecular formula is C19H32N2. The van der Waals surface area contributed by atoms with E-state index >= 15 is 0 Å². The molecule has 0 saturated carbocycles. The van der Waals surface area contributed by atoms with Gasteiger partial charge in [0.2, 0.25) is 0 Å². The Balaban J connectivity index is 1.95. The summed E-state index contributed by atoms with van der Waals surface area (Å²) >= 11 is 0. The van der Waals surface area contributed by atoms with Crippen molar-refractivity contribution in [3.05, 3.63) is 35.4 Å². The van der Waals surface area contributed by atoms with Gasteiger partial charge < -0.3 is 5.32 Å². The third kappa shape index (κ3) is 5.12. The highest BCUT2D eigenvalue weighted by Gasteiger charge is 2.21. The highest BCUT2D eigenvalue weighted by molar-refractivity contribution is 5.27. The van der Waals surface area contributed by atoms with E-state index in [1.54, 1.807) is 0 Å². The molecule has 1 aliphatic rings. The molecule has 0 aromatic heterocycles. The molecule has 1 aliphatic heterocycles. The molecule has 1 atom stereocenters. The zero-order chi connectivity index (χ0) is 14.9. The lowest BCUT2D eigenvalue weighted by molar-refractivity contribution is 0.136. The summed E-state index contributed by atoms with van der Waals surface area (Å²) in [5.74, 6) is 0. The molecular weight excluding hydrogens is 256 g/mol. The van der Waals surface area contributed by atoms with Crippen LogP contribution in [0, 0.1) is 0 Å². The van der Waals surface area contributed by atoms with Crippen molar-refractivity contribution >= 4 is 0 Å². The van der Waals surface area contributed by atoms with E-state index in [4.69, 9.17) is 0 Å². The molecule has 1 unspecified atom stereocenters. The number of benzene rings is 1. The smallest absolute Gasteiger partial charge is 0.0239 e. The molecule has 1 N–H and O–H groups in total. The van der Waals surface area contributed by atoms with E-state index in [1.165, 1.54) is 49.8 Å². The predicted octanol–water partition coefficient (Wildman–Crippen LogP) is 3.99. The zero-order valence-electron chi connectivity index (χ0n) is 13.9. The van der Waals surface area contributed by atoms with Crippen LogP contribution in [0.15, 0.2) is 24.3 Å². The van der Waals surface area contributed by atoms with Crippen LogP contribution in [0.4, 0.5) is 0 Å². The minimum atomic E-state index is 0.796. The van der Waals surface area contributed by atoms with Gasteiger partial charge in [-0.3, -0.25) is 4.90 Å². The number of nitrogens with one attached hydrogen (secondary N) is 1. The average Bonchev–Trinajstić information content (AvgIpc) is 2.53. The number of nitrogens with zero attached hydrogens (tertiary/aromatic N) is 1. The molecule has 0 aliphatic carbocycles. The van der Waals surface area contributed by atoms with Gasteiger partial charge in [-0.25, -0.2) is 0 Å². The first-order valence-corrected chi connectivity index (χ1v) is 8.86. The van der Waals surface area contributed by atoms with E-state index in [9.17, 15) is 0 Å². The van der Waals surface area contributed by atoms with E-state index in [1.807, 2.05) is 0 Å². The Bertz CT molecular complexity index is 402. The number of rotatable bonds is 8. The van der Waals surface area contributed by atoms with Crippen LogP contribution < -0.4 is 5.32 Å². The molecule has 0 spiro atoms. The van der Waals surface area contributed by atoms with Gasteiger partial charge in [0.1, 0.15) is 0 Å². The summed E-state index contributed by atoms with van der Waals surface area (Å²) in [5.41, 5.74) is 3.07. The van der Waals surface area contributed by atoms with E-state index in [2.05, 4.69) is 48.3 Å². The summed E-state index contributed by atoms with van der Waals surface area (Å²) < 4.78 is 0. The SMILES string of the molecule is CCCNCCc1ccccc1CN1CCCCC1CC. The average molecular weight is 288 g/mol. The van der Waals surface area contributed by atoms with E-state index in [-0.39, 0.29) is 0 Å². The molecule has 21 heavy (non-hydrogen) atoms. The Morgan fingerprint density at radius 1 is 1.10 bits per heavy atom. The van der Waals surface area contributed by atoms with E-state index in [0.29, 0.717) is 0 Å². The van der Waals surface area contributed by atoms with Crippen LogP contribution in [0.1, 0.15) is 57.1 Å². The molecule has 1 fully saturated rings. The normalized spacial score (nSPS) is 19.8. The minimum absolute atomic E-state index is 0.796. The first-order valence-electron chi connectivity index (χ1n) is 8.86. The summed E-state index contributed by atoms with van der Waals surface area (Å²) in [4.78, 5) is 2.71. The lowest BCUT2D eigenvalue weighted by Gasteiger charge is -2.35. The third-order valence-corrected chi connectivity index (χ3v) is 4.71. The maximum Gasteiger partial charge on any atom is 0.0239 e. The molecule has 1 aromatic rings. The molecule has 2 rings (SSSR count). The van der Waals surface area contributed by atoms with Crippen molar-refractivity contribution in [2.24, 2.45) is 0 Å². The molecule has 1 heterocycles. The zero-order valence-corrected chi connectivity index (χ0v) is 13.9. The fraction of sp³-hybridized carbons (Fsp3) is 0.684. The largest absolute Gasteiger partial charge is 0.316 e. The van der Waals surface area contributed by atoms with E-state index in [0.717, 1.165) is 32.1 Å². The second-order valence-electron chi connectivity index (χ2n) is 6.30. The van der Waals surface area contributed by atoms with Gasteiger partial charge in [-0.05, 0) is 62.9 Å². The monoisotopic (exact) mass is 288 g/mol. The number of hydrogen-bond acceptors (Lipinski definition) is 2. The lowest BCUT2D eigenvalue weighted by Crippen LogP contribution is -2.38. The number of hydrogen-bond donors (Lipinski definition) is 1. The molecule has 118 valence electrons. The quantitative estimate of drug-likeness (QED) is 0.728. The summed E-state index contributed by atoms with van der Waals surface area (Å²) in [7, 11) is 0. The molecule has 0 radical (unpaired) electrons. The topological polar surface area (TPSA) is 15.3 Å². The fourth-order valence-corrected chi connectivity index (χ4v) is 3.43. The number of piperidine rings is 1. The van der Waals surface area contributed by atoms with Crippen molar-refractivity contribution in [3.8, 4) is 0 Å². The Labute approximate surface area is 130 Å². The molecule has 1 saturated heterocycles. The molecule has 2 heteroatoms. The summed E-state index contributed by atoms with van der Waals surface area (Å²) in [6, 6.07) is 9.82. The van der Waals surface area contributed by atoms with Gasteiger partial charge >= 0.3 is 0 Å². The Kier molecular flexibility index (Phi) is 7.25. The second kappa shape index (κ2) is 9.22. The molecule has 1 aromatic carbocycles. The maximum absolute atomic E-state index is 3.52. The van der Waals surface area contributed by atoms with Crippen LogP contribution >= 0.6 is 0 Å². The molecule has 0 amide bonds. The number of likely N-dealkylation sites (tertiary alicyclic amines) is 1. The Hall–Kier alpha value is -0.860. The van der Waals surface area contributed by atoms with Crippen molar-refractivity contribution in [1.29, 1.82) is 0 Å². The lowest BCUT2D eigenvalue weighted by atomic mass is 9.97. The summed E-state index contributed by atoms with van der Waals surface area (Å²) in [5, 5.41) is 3.52. The highest BCUT2D eigenvalue weighted by Crippen LogP contribution is 2.23. The van der Waals surface area contributed by atoms with Crippen molar-refractivity contribution in [3.63, 3.8) is 0 Å². The van der Waals surface area contributed by atoms with E-state index < -0.39 is 0 Å². The van der Waals surface area contributed by atoms with Gasteiger partial charge in [-0.1, -0.05) is 44.5 Å².